The van der Waals surface area contributed by atoms with E-state index in [1.165, 1.54) is 35.2 Å². The average molecular weight is 413 g/mol. The minimum absolute atomic E-state index is 0.0376. The van der Waals surface area contributed by atoms with Crippen LogP contribution in [0, 0.1) is 12.7 Å². The fourth-order valence-electron chi connectivity index (χ4n) is 3.61. The molecule has 3 aromatic carbocycles. The molecule has 0 radical (unpaired) electrons. The van der Waals surface area contributed by atoms with E-state index in [1.54, 1.807) is 18.2 Å². The third-order valence-corrected chi connectivity index (χ3v) is 5.20. The lowest BCUT2D eigenvalue weighted by Gasteiger charge is -2.26. The Morgan fingerprint density at radius 2 is 1.61 bits per heavy atom. The van der Waals surface area contributed by atoms with Gasteiger partial charge in [0.25, 0.3) is 5.91 Å². The molecule has 5 heteroatoms. The second kappa shape index (κ2) is 8.40. The largest absolute Gasteiger partial charge is 0.503 e. The van der Waals surface area contributed by atoms with Crippen LogP contribution in [0.3, 0.4) is 0 Å². The summed E-state index contributed by atoms with van der Waals surface area (Å²) in [5, 5.41) is 10.7. The number of hydrogen-bond donors (Lipinski definition) is 1. The molecule has 3 aromatic rings. The van der Waals surface area contributed by atoms with Crippen molar-refractivity contribution in [2.45, 2.75) is 13.0 Å². The van der Waals surface area contributed by atoms with Gasteiger partial charge in [0, 0.05) is 5.69 Å². The number of allylic oxidation sites excluding steroid dienone is 1. The quantitative estimate of drug-likeness (QED) is 0.576. The lowest BCUT2D eigenvalue weighted by Crippen LogP contribution is -2.30. The number of aliphatic hydroxyl groups excluding tert-OH is 1. The topological polar surface area (TPSA) is 57.6 Å². The zero-order valence-corrected chi connectivity index (χ0v) is 16.8. The van der Waals surface area contributed by atoms with Crippen molar-refractivity contribution in [2.75, 3.05) is 4.90 Å². The van der Waals surface area contributed by atoms with Crippen LogP contribution in [-0.2, 0) is 9.59 Å². The van der Waals surface area contributed by atoms with Gasteiger partial charge in [-0.15, -0.1) is 0 Å². The van der Waals surface area contributed by atoms with E-state index in [4.69, 9.17) is 0 Å². The third-order valence-electron chi connectivity index (χ3n) is 5.20. The number of carbonyl (C=O) groups is 2. The summed E-state index contributed by atoms with van der Waals surface area (Å²) < 4.78 is 13.5. The standard InChI is InChI=1S/C26H20FNO3/c1-17-7-14-21(15-8-17)28-24(19-10-12-20(27)13-11-19)23(25(30)26(28)31)22(29)16-9-18-5-3-2-4-6-18/h2-16,24,30H,1H3. The van der Waals surface area contributed by atoms with Crippen LogP contribution < -0.4 is 4.90 Å². The summed E-state index contributed by atoms with van der Waals surface area (Å²) in [4.78, 5) is 27.5. The number of rotatable bonds is 5. The first-order valence-corrected chi connectivity index (χ1v) is 9.82. The molecule has 0 aliphatic carbocycles. The second-order valence-corrected chi connectivity index (χ2v) is 7.34. The van der Waals surface area contributed by atoms with Crippen LogP contribution in [0.2, 0.25) is 0 Å². The highest BCUT2D eigenvalue weighted by molar-refractivity contribution is 6.19. The molecular weight excluding hydrogens is 393 g/mol. The summed E-state index contributed by atoms with van der Waals surface area (Å²) in [7, 11) is 0. The smallest absolute Gasteiger partial charge is 0.294 e. The number of halogens is 1. The number of aliphatic hydroxyl groups is 1. The van der Waals surface area contributed by atoms with Gasteiger partial charge >= 0.3 is 0 Å². The first-order chi connectivity index (χ1) is 15.0. The Hall–Kier alpha value is -3.99. The zero-order valence-electron chi connectivity index (χ0n) is 16.8. The van der Waals surface area contributed by atoms with Crippen LogP contribution in [0.4, 0.5) is 10.1 Å². The molecule has 0 fully saturated rings. The maximum atomic E-state index is 13.5. The Labute approximate surface area is 179 Å². The minimum atomic E-state index is -0.872. The van der Waals surface area contributed by atoms with E-state index in [1.807, 2.05) is 49.4 Å². The molecule has 1 aliphatic heterocycles. The van der Waals surface area contributed by atoms with E-state index in [9.17, 15) is 19.1 Å². The lowest BCUT2D eigenvalue weighted by molar-refractivity contribution is -0.117. The van der Waals surface area contributed by atoms with Crippen LogP contribution in [-0.4, -0.2) is 16.8 Å². The van der Waals surface area contributed by atoms with Gasteiger partial charge < -0.3 is 5.11 Å². The van der Waals surface area contributed by atoms with Crippen LogP contribution in [0.1, 0.15) is 22.7 Å². The average Bonchev–Trinajstić information content (AvgIpc) is 3.05. The Morgan fingerprint density at radius 3 is 2.26 bits per heavy atom. The molecule has 0 bridgehead atoms. The van der Waals surface area contributed by atoms with Gasteiger partial charge in [-0.05, 0) is 48.4 Å². The van der Waals surface area contributed by atoms with Gasteiger partial charge in [-0.25, -0.2) is 4.39 Å². The molecule has 1 unspecified atom stereocenters. The lowest BCUT2D eigenvalue weighted by atomic mass is 9.95. The maximum absolute atomic E-state index is 13.5. The molecule has 31 heavy (non-hydrogen) atoms. The second-order valence-electron chi connectivity index (χ2n) is 7.34. The van der Waals surface area contributed by atoms with Crippen molar-refractivity contribution in [1.29, 1.82) is 0 Å². The molecule has 1 amide bonds. The molecule has 4 rings (SSSR count). The molecule has 1 heterocycles. The maximum Gasteiger partial charge on any atom is 0.294 e. The molecule has 4 nitrogen and oxygen atoms in total. The van der Waals surface area contributed by atoms with Gasteiger partial charge in [-0.2, -0.15) is 0 Å². The van der Waals surface area contributed by atoms with Crippen molar-refractivity contribution in [3.8, 4) is 0 Å². The molecule has 1 atom stereocenters. The van der Waals surface area contributed by atoms with Gasteiger partial charge in [0.05, 0.1) is 11.6 Å². The van der Waals surface area contributed by atoms with Gasteiger partial charge in [0.1, 0.15) is 5.82 Å². The summed E-state index contributed by atoms with van der Waals surface area (Å²) in [5.74, 6) is -2.19. The minimum Gasteiger partial charge on any atom is -0.503 e. The van der Waals surface area contributed by atoms with E-state index in [-0.39, 0.29) is 5.57 Å². The van der Waals surface area contributed by atoms with Crippen molar-refractivity contribution in [3.05, 3.63) is 119 Å². The van der Waals surface area contributed by atoms with E-state index >= 15 is 0 Å². The van der Waals surface area contributed by atoms with Crippen LogP contribution in [0.25, 0.3) is 6.08 Å². The van der Waals surface area contributed by atoms with E-state index in [2.05, 4.69) is 0 Å². The van der Waals surface area contributed by atoms with Crippen molar-refractivity contribution in [3.63, 3.8) is 0 Å². The van der Waals surface area contributed by atoms with E-state index in [0.717, 1.165) is 11.1 Å². The summed E-state index contributed by atoms with van der Waals surface area (Å²) in [5.41, 5.74) is 2.84. The Kier molecular flexibility index (Phi) is 5.50. The van der Waals surface area contributed by atoms with Gasteiger partial charge in [-0.3, -0.25) is 14.5 Å². The predicted octanol–water partition coefficient (Wildman–Crippen LogP) is 5.32. The molecule has 1 N–H and O–H groups in total. The number of nitrogens with zero attached hydrogens (tertiary/aromatic N) is 1. The Balaban J connectivity index is 1.78. The molecule has 0 saturated carbocycles. The fraction of sp³-hybridized carbons (Fsp3) is 0.0769. The highest BCUT2D eigenvalue weighted by atomic mass is 19.1. The summed E-state index contributed by atoms with van der Waals surface area (Å²) in [6, 6.07) is 21.1. The Morgan fingerprint density at radius 1 is 0.968 bits per heavy atom. The highest BCUT2D eigenvalue weighted by Gasteiger charge is 2.43. The summed E-state index contributed by atoms with van der Waals surface area (Å²) >= 11 is 0. The molecule has 0 saturated heterocycles. The number of ketones is 1. The van der Waals surface area contributed by atoms with Gasteiger partial charge in [0.15, 0.2) is 11.5 Å². The van der Waals surface area contributed by atoms with Crippen molar-refractivity contribution < 1.29 is 19.1 Å². The first kappa shape index (κ1) is 20.3. The number of benzene rings is 3. The predicted molar refractivity (Wildman–Crippen MR) is 118 cm³/mol. The number of hydrogen-bond acceptors (Lipinski definition) is 3. The molecule has 1 aliphatic rings. The van der Waals surface area contributed by atoms with Gasteiger partial charge in [-0.1, -0.05) is 66.2 Å². The summed E-state index contributed by atoms with van der Waals surface area (Å²) in [6.07, 6.45) is 2.96. The monoisotopic (exact) mass is 413 g/mol. The SMILES string of the molecule is Cc1ccc(N2C(=O)C(O)=C(C(=O)C=Cc3ccccc3)C2c2ccc(F)cc2)cc1. The Bertz CT molecular complexity index is 1180. The zero-order chi connectivity index (χ0) is 22.0. The molecule has 154 valence electrons. The molecule has 0 aromatic heterocycles. The molecular formula is C26H20FNO3. The van der Waals surface area contributed by atoms with Crippen LogP contribution in [0.15, 0.2) is 96.3 Å². The summed E-state index contributed by atoms with van der Waals surface area (Å²) in [6.45, 7) is 1.92. The van der Waals surface area contributed by atoms with Crippen molar-refractivity contribution >= 4 is 23.5 Å². The van der Waals surface area contributed by atoms with Crippen molar-refractivity contribution in [1.82, 2.24) is 0 Å². The molecule has 0 spiro atoms. The number of amides is 1. The van der Waals surface area contributed by atoms with E-state index < -0.39 is 29.3 Å². The number of anilines is 1. The van der Waals surface area contributed by atoms with Crippen LogP contribution >= 0.6 is 0 Å². The first-order valence-electron chi connectivity index (χ1n) is 9.82. The van der Waals surface area contributed by atoms with Crippen molar-refractivity contribution in [2.24, 2.45) is 0 Å². The highest BCUT2D eigenvalue weighted by Crippen LogP contribution is 2.41. The number of carbonyl (C=O) groups excluding carboxylic acids is 2. The van der Waals surface area contributed by atoms with Crippen LogP contribution in [0.5, 0.6) is 0 Å². The third kappa shape index (κ3) is 4.03. The van der Waals surface area contributed by atoms with E-state index in [0.29, 0.717) is 11.3 Å². The fourth-order valence-corrected chi connectivity index (χ4v) is 3.61. The normalized spacial score (nSPS) is 16.4. The van der Waals surface area contributed by atoms with Gasteiger partial charge in [0.2, 0.25) is 0 Å². The number of aryl methyl sites for hydroxylation is 1.